The first kappa shape index (κ1) is 13.6. The highest BCUT2D eigenvalue weighted by Crippen LogP contribution is 2.35. The van der Waals surface area contributed by atoms with Crippen LogP contribution in [0, 0.1) is 0 Å². The van der Waals surface area contributed by atoms with Gasteiger partial charge in [-0.15, -0.1) is 0 Å². The Morgan fingerprint density at radius 1 is 1.29 bits per heavy atom. The summed E-state index contributed by atoms with van der Waals surface area (Å²) in [5.74, 6) is 1.29. The number of amides is 1. The number of hydrogen-bond donors (Lipinski definition) is 1. The molecule has 0 heterocycles. The molecule has 17 heavy (non-hydrogen) atoms. The molecule has 94 valence electrons. The highest BCUT2D eigenvalue weighted by molar-refractivity contribution is 5.69. The van der Waals surface area contributed by atoms with Crippen LogP contribution in [0.3, 0.4) is 0 Å². The van der Waals surface area contributed by atoms with Gasteiger partial charge in [0.05, 0.1) is 0 Å². The van der Waals surface area contributed by atoms with Crippen molar-refractivity contribution in [1.29, 1.82) is 0 Å². The fraction of sp³-hybridized carbons (Fsp3) is 0.500. The van der Waals surface area contributed by atoms with Crippen LogP contribution in [0.4, 0.5) is 4.79 Å². The number of primary amides is 1. The summed E-state index contributed by atoms with van der Waals surface area (Å²) in [5, 5.41) is 0. The summed E-state index contributed by atoms with van der Waals surface area (Å²) in [7, 11) is 0. The molecule has 1 atom stereocenters. The van der Waals surface area contributed by atoms with Crippen molar-refractivity contribution >= 4 is 6.09 Å². The van der Waals surface area contributed by atoms with E-state index in [1.807, 2.05) is 18.2 Å². The second-order valence-corrected chi connectivity index (χ2v) is 4.65. The topological polar surface area (TPSA) is 52.3 Å². The van der Waals surface area contributed by atoms with Crippen LogP contribution >= 0.6 is 0 Å². The molecule has 2 N–H and O–H groups in total. The number of benzene rings is 1. The molecule has 0 fully saturated rings. The zero-order valence-electron chi connectivity index (χ0n) is 11.0. The van der Waals surface area contributed by atoms with E-state index >= 15 is 0 Å². The molecule has 3 nitrogen and oxygen atoms in total. The lowest BCUT2D eigenvalue weighted by atomic mass is 9.92. The van der Waals surface area contributed by atoms with E-state index in [1.165, 1.54) is 0 Å². The maximum atomic E-state index is 11.0. The number of rotatable bonds is 4. The summed E-state index contributed by atoms with van der Waals surface area (Å²) in [6.07, 6.45) is 0.249. The van der Waals surface area contributed by atoms with Gasteiger partial charge in [0.15, 0.2) is 0 Å². The first-order valence-electron chi connectivity index (χ1n) is 6.07. The molecule has 1 unspecified atom stereocenters. The lowest BCUT2D eigenvalue weighted by molar-refractivity contribution is 0.209. The zero-order valence-corrected chi connectivity index (χ0v) is 11.0. The summed E-state index contributed by atoms with van der Waals surface area (Å²) >= 11 is 0. The minimum Gasteiger partial charge on any atom is -0.410 e. The highest BCUT2D eigenvalue weighted by Gasteiger charge is 2.17. The molecule has 3 heteroatoms. The van der Waals surface area contributed by atoms with Gasteiger partial charge in [0.2, 0.25) is 0 Å². The minimum absolute atomic E-state index is 0.299. The molecule has 1 aromatic carbocycles. The van der Waals surface area contributed by atoms with Crippen molar-refractivity contribution in [3.8, 4) is 5.75 Å². The van der Waals surface area contributed by atoms with Crippen molar-refractivity contribution in [1.82, 2.24) is 0 Å². The Morgan fingerprint density at radius 2 is 1.88 bits per heavy atom. The van der Waals surface area contributed by atoms with Crippen molar-refractivity contribution in [2.45, 2.75) is 46.0 Å². The van der Waals surface area contributed by atoms with E-state index < -0.39 is 6.09 Å². The van der Waals surface area contributed by atoms with Crippen LogP contribution in [0.15, 0.2) is 18.2 Å². The van der Waals surface area contributed by atoms with Crippen molar-refractivity contribution in [3.63, 3.8) is 0 Å². The molecular weight excluding hydrogens is 214 g/mol. The zero-order chi connectivity index (χ0) is 13.0. The van der Waals surface area contributed by atoms with Crippen molar-refractivity contribution in [2.75, 3.05) is 0 Å². The van der Waals surface area contributed by atoms with Gasteiger partial charge in [-0.3, -0.25) is 0 Å². The number of hydrogen-bond acceptors (Lipinski definition) is 2. The molecule has 0 aliphatic heterocycles. The largest absolute Gasteiger partial charge is 0.410 e. The van der Waals surface area contributed by atoms with Crippen LogP contribution in [0.2, 0.25) is 0 Å². The van der Waals surface area contributed by atoms with Gasteiger partial charge < -0.3 is 10.5 Å². The molecule has 1 rings (SSSR count). The smallest absolute Gasteiger partial charge is 0.409 e. The maximum absolute atomic E-state index is 11.0. The molecule has 0 aliphatic carbocycles. The monoisotopic (exact) mass is 235 g/mol. The number of nitrogens with two attached hydrogens (primary N) is 1. The summed E-state index contributed by atoms with van der Waals surface area (Å²) in [6, 6.07) is 5.98. The second-order valence-electron chi connectivity index (χ2n) is 4.65. The molecule has 0 aromatic heterocycles. The normalized spacial score (nSPS) is 12.5. The molecule has 0 spiro atoms. The first-order valence-corrected chi connectivity index (χ1v) is 6.07. The van der Waals surface area contributed by atoms with E-state index in [-0.39, 0.29) is 0 Å². The number of carbonyl (C=O) groups excluding carboxylic acids is 1. The molecule has 1 aromatic rings. The number of carbonyl (C=O) groups is 1. The van der Waals surface area contributed by atoms with E-state index in [1.54, 1.807) is 0 Å². The van der Waals surface area contributed by atoms with Crippen molar-refractivity contribution in [2.24, 2.45) is 5.73 Å². The minimum atomic E-state index is -0.748. The third-order valence-corrected chi connectivity index (χ3v) is 3.04. The van der Waals surface area contributed by atoms with Gasteiger partial charge >= 0.3 is 6.09 Å². The molecule has 0 saturated carbocycles. The van der Waals surface area contributed by atoms with Crippen LogP contribution in [0.1, 0.15) is 57.1 Å². The van der Waals surface area contributed by atoms with E-state index in [0.29, 0.717) is 17.6 Å². The Bertz CT molecular complexity index is 399. The van der Waals surface area contributed by atoms with Crippen LogP contribution in [-0.4, -0.2) is 6.09 Å². The molecule has 0 saturated heterocycles. The molecule has 1 amide bonds. The molecular formula is C14H21NO2. The average molecular weight is 235 g/mol. The van der Waals surface area contributed by atoms with Gasteiger partial charge in [-0.1, -0.05) is 45.9 Å². The van der Waals surface area contributed by atoms with Crippen molar-refractivity contribution < 1.29 is 9.53 Å². The summed E-state index contributed by atoms with van der Waals surface area (Å²) < 4.78 is 5.20. The Morgan fingerprint density at radius 3 is 2.35 bits per heavy atom. The Hall–Kier alpha value is -1.51. The van der Waals surface area contributed by atoms with Crippen molar-refractivity contribution in [3.05, 3.63) is 29.3 Å². The lowest BCUT2D eigenvalue weighted by Crippen LogP contribution is -2.18. The third-order valence-electron chi connectivity index (χ3n) is 3.04. The first-order chi connectivity index (χ1) is 7.97. The lowest BCUT2D eigenvalue weighted by Gasteiger charge is -2.19. The fourth-order valence-corrected chi connectivity index (χ4v) is 1.85. The summed E-state index contributed by atoms with van der Waals surface area (Å²) in [6.45, 7) is 8.38. The Labute approximate surface area is 103 Å². The molecule has 0 radical (unpaired) electrons. The predicted octanol–water partition coefficient (Wildman–Crippen LogP) is 3.78. The predicted molar refractivity (Wildman–Crippen MR) is 69.4 cm³/mol. The van der Waals surface area contributed by atoms with Crippen LogP contribution < -0.4 is 10.5 Å². The molecule has 0 bridgehead atoms. The van der Waals surface area contributed by atoms with E-state index in [2.05, 4.69) is 27.7 Å². The SMILES string of the molecule is CCC(C)c1cccc(C(C)C)c1OC(N)=O. The summed E-state index contributed by atoms with van der Waals surface area (Å²) in [5.41, 5.74) is 7.23. The Balaban J connectivity index is 3.28. The van der Waals surface area contributed by atoms with E-state index in [0.717, 1.165) is 17.5 Å². The number of ether oxygens (including phenoxy) is 1. The standard InChI is InChI=1S/C14H21NO2/c1-5-10(4)12-8-6-7-11(9(2)3)13(12)17-14(15)16/h6-10H,5H2,1-4H3,(H2,15,16). The van der Waals surface area contributed by atoms with Gasteiger partial charge in [0.25, 0.3) is 0 Å². The van der Waals surface area contributed by atoms with E-state index in [4.69, 9.17) is 10.5 Å². The maximum Gasteiger partial charge on any atom is 0.409 e. The average Bonchev–Trinajstić information content (AvgIpc) is 2.27. The molecule has 0 aliphatic rings. The van der Waals surface area contributed by atoms with Crippen LogP contribution in [0.5, 0.6) is 5.75 Å². The Kier molecular flexibility index (Phi) is 4.55. The highest BCUT2D eigenvalue weighted by atomic mass is 16.5. The van der Waals surface area contributed by atoms with E-state index in [9.17, 15) is 4.79 Å². The van der Waals surface area contributed by atoms with Gasteiger partial charge in [-0.05, 0) is 29.4 Å². The quantitative estimate of drug-likeness (QED) is 0.863. The second kappa shape index (κ2) is 5.71. The van der Waals surface area contributed by atoms with Gasteiger partial charge in [0, 0.05) is 0 Å². The fourth-order valence-electron chi connectivity index (χ4n) is 1.85. The van der Waals surface area contributed by atoms with Gasteiger partial charge in [-0.2, -0.15) is 0 Å². The number of para-hydroxylation sites is 1. The van der Waals surface area contributed by atoms with Gasteiger partial charge in [0.1, 0.15) is 5.75 Å². The van der Waals surface area contributed by atoms with Gasteiger partial charge in [-0.25, -0.2) is 4.79 Å². The third kappa shape index (κ3) is 3.22. The van der Waals surface area contributed by atoms with Crippen LogP contribution in [0.25, 0.3) is 0 Å². The van der Waals surface area contributed by atoms with Crippen LogP contribution in [-0.2, 0) is 0 Å². The summed E-state index contributed by atoms with van der Waals surface area (Å²) in [4.78, 5) is 11.0.